The largest absolute Gasteiger partial charge is 0.397 e. The van der Waals surface area contributed by atoms with Gasteiger partial charge in [0.1, 0.15) is 5.69 Å². The summed E-state index contributed by atoms with van der Waals surface area (Å²) in [7, 11) is 0. The van der Waals surface area contributed by atoms with E-state index in [1.165, 1.54) is 12.6 Å². The zero-order chi connectivity index (χ0) is 10.8. The Hall–Kier alpha value is -1.58. The maximum absolute atomic E-state index is 11.6. The highest BCUT2D eigenvalue weighted by Gasteiger charge is 2.32. The Balaban J connectivity index is 1.87. The number of nitrogens with two attached hydrogens (primary N) is 1. The molecule has 80 valence electrons. The van der Waals surface area contributed by atoms with Crippen molar-refractivity contribution < 1.29 is 4.79 Å². The molecule has 4 heteroatoms. The quantitative estimate of drug-likeness (QED) is 0.775. The summed E-state index contributed by atoms with van der Waals surface area (Å²) in [5.74, 6) is 1.29. The van der Waals surface area contributed by atoms with Crippen molar-refractivity contribution in [2.24, 2.45) is 11.8 Å². The fourth-order valence-corrected chi connectivity index (χ4v) is 1.54. The van der Waals surface area contributed by atoms with Crippen LogP contribution in [0.15, 0.2) is 18.3 Å². The molecular formula is C11H15N3O. The number of amides is 1. The van der Waals surface area contributed by atoms with Gasteiger partial charge in [-0.05, 0) is 30.4 Å². The molecule has 0 saturated heterocycles. The molecule has 2 rings (SSSR count). The third-order valence-corrected chi connectivity index (χ3v) is 2.82. The second kappa shape index (κ2) is 3.88. The normalized spacial score (nSPS) is 23.5. The number of anilines is 1. The summed E-state index contributed by atoms with van der Waals surface area (Å²) in [5.41, 5.74) is 6.48. The van der Waals surface area contributed by atoms with Crippen LogP contribution in [0.25, 0.3) is 0 Å². The molecule has 0 radical (unpaired) electrons. The van der Waals surface area contributed by atoms with E-state index in [1.807, 2.05) is 0 Å². The minimum atomic E-state index is -0.117. The summed E-state index contributed by atoms with van der Waals surface area (Å²) >= 11 is 0. The van der Waals surface area contributed by atoms with Crippen molar-refractivity contribution in [3.63, 3.8) is 0 Å². The van der Waals surface area contributed by atoms with Crippen molar-refractivity contribution in [1.29, 1.82) is 0 Å². The van der Waals surface area contributed by atoms with Crippen LogP contribution in [0.2, 0.25) is 0 Å². The van der Waals surface area contributed by atoms with Gasteiger partial charge >= 0.3 is 0 Å². The monoisotopic (exact) mass is 205 g/mol. The van der Waals surface area contributed by atoms with Gasteiger partial charge in [0.2, 0.25) is 0 Å². The number of hydrogen-bond donors (Lipinski definition) is 2. The minimum absolute atomic E-state index is 0.117. The zero-order valence-corrected chi connectivity index (χ0v) is 8.73. The van der Waals surface area contributed by atoms with Crippen molar-refractivity contribution in [3.8, 4) is 0 Å². The Morgan fingerprint density at radius 2 is 2.40 bits per heavy atom. The Morgan fingerprint density at radius 1 is 1.67 bits per heavy atom. The average molecular weight is 205 g/mol. The number of carbonyl (C=O) groups is 1. The fourth-order valence-electron chi connectivity index (χ4n) is 1.54. The highest BCUT2D eigenvalue weighted by molar-refractivity contribution is 5.92. The molecule has 1 saturated carbocycles. The van der Waals surface area contributed by atoms with Crippen LogP contribution in [0.3, 0.4) is 0 Å². The first-order valence-electron chi connectivity index (χ1n) is 5.16. The SMILES string of the molecule is CC1CC1CNC(=O)c1ccc(N)cn1. The van der Waals surface area contributed by atoms with Crippen molar-refractivity contribution in [2.45, 2.75) is 13.3 Å². The third-order valence-electron chi connectivity index (χ3n) is 2.82. The average Bonchev–Trinajstić information content (AvgIpc) is 2.92. The first-order chi connectivity index (χ1) is 7.16. The molecule has 1 aromatic heterocycles. The van der Waals surface area contributed by atoms with Crippen molar-refractivity contribution in [2.75, 3.05) is 12.3 Å². The maximum atomic E-state index is 11.6. The lowest BCUT2D eigenvalue weighted by atomic mass is 10.3. The molecule has 1 aliphatic rings. The van der Waals surface area contributed by atoms with Crippen molar-refractivity contribution in [1.82, 2.24) is 10.3 Å². The molecule has 1 fully saturated rings. The van der Waals surface area contributed by atoms with Gasteiger partial charge in [0.15, 0.2) is 0 Å². The summed E-state index contributed by atoms with van der Waals surface area (Å²) in [5, 5.41) is 2.87. The maximum Gasteiger partial charge on any atom is 0.269 e. The topological polar surface area (TPSA) is 68.0 Å². The predicted octanol–water partition coefficient (Wildman–Crippen LogP) is 1.05. The van der Waals surface area contributed by atoms with E-state index in [0.29, 0.717) is 17.3 Å². The highest BCUT2D eigenvalue weighted by atomic mass is 16.1. The third kappa shape index (κ3) is 2.46. The lowest BCUT2D eigenvalue weighted by Crippen LogP contribution is -2.26. The second-order valence-corrected chi connectivity index (χ2v) is 4.16. The van der Waals surface area contributed by atoms with E-state index >= 15 is 0 Å². The number of rotatable bonds is 3. The van der Waals surface area contributed by atoms with Gasteiger partial charge in [-0.1, -0.05) is 6.92 Å². The van der Waals surface area contributed by atoms with Gasteiger partial charge in [0, 0.05) is 6.54 Å². The summed E-state index contributed by atoms with van der Waals surface area (Å²) in [6.07, 6.45) is 2.71. The van der Waals surface area contributed by atoms with Crippen LogP contribution in [-0.4, -0.2) is 17.4 Å². The molecule has 1 heterocycles. The molecule has 1 aliphatic carbocycles. The van der Waals surface area contributed by atoms with Crippen LogP contribution in [0.5, 0.6) is 0 Å². The van der Waals surface area contributed by atoms with Crippen LogP contribution >= 0.6 is 0 Å². The summed E-state index contributed by atoms with van der Waals surface area (Å²) in [4.78, 5) is 15.5. The van der Waals surface area contributed by atoms with Crippen molar-refractivity contribution in [3.05, 3.63) is 24.0 Å². The second-order valence-electron chi connectivity index (χ2n) is 4.16. The molecule has 0 bridgehead atoms. The number of nitrogens with one attached hydrogen (secondary N) is 1. The first-order valence-corrected chi connectivity index (χ1v) is 5.16. The molecule has 0 aliphatic heterocycles. The van der Waals surface area contributed by atoms with E-state index < -0.39 is 0 Å². The van der Waals surface area contributed by atoms with Crippen LogP contribution in [0.1, 0.15) is 23.8 Å². The van der Waals surface area contributed by atoms with Crippen LogP contribution in [-0.2, 0) is 0 Å². The number of nitrogen functional groups attached to an aromatic ring is 1. The molecular weight excluding hydrogens is 190 g/mol. The van der Waals surface area contributed by atoms with E-state index in [1.54, 1.807) is 12.1 Å². The van der Waals surface area contributed by atoms with Crippen molar-refractivity contribution >= 4 is 11.6 Å². The number of pyridine rings is 1. The van der Waals surface area contributed by atoms with E-state index in [2.05, 4.69) is 17.2 Å². The van der Waals surface area contributed by atoms with Crippen LogP contribution in [0.4, 0.5) is 5.69 Å². The van der Waals surface area contributed by atoms with Gasteiger partial charge in [0.25, 0.3) is 5.91 Å². The van der Waals surface area contributed by atoms with Gasteiger partial charge in [-0.25, -0.2) is 4.98 Å². The number of aromatic nitrogens is 1. The Kier molecular flexibility index (Phi) is 2.58. The first kappa shape index (κ1) is 9.96. The van der Waals surface area contributed by atoms with Crippen LogP contribution < -0.4 is 11.1 Å². The minimum Gasteiger partial charge on any atom is -0.397 e. The standard InChI is InChI=1S/C11H15N3O/c1-7-4-8(7)5-14-11(15)10-3-2-9(12)6-13-10/h2-3,6-8H,4-5,12H2,1H3,(H,14,15). The van der Waals surface area contributed by atoms with E-state index in [-0.39, 0.29) is 5.91 Å². The van der Waals surface area contributed by atoms with E-state index in [9.17, 15) is 4.79 Å². The molecule has 15 heavy (non-hydrogen) atoms. The van der Waals surface area contributed by atoms with Crippen LogP contribution in [0, 0.1) is 11.8 Å². The van der Waals surface area contributed by atoms with E-state index in [0.717, 1.165) is 12.5 Å². The molecule has 0 spiro atoms. The predicted molar refractivity (Wildman–Crippen MR) is 58.3 cm³/mol. The molecule has 0 aromatic carbocycles. The Morgan fingerprint density at radius 3 is 2.93 bits per heavy atom. The highest BCUT2D eigenvalue weighted by Crippen LogP contribution is 2.36. The lowest BCUT2D eigenvalue weighted by molar-refractivity contribution is 0.0946. The number of nitrogens with zero attached hydrogens (tertiary/aromatic N) is 1. The summed E-state index contributed by atoms with van der Waals surface area (Å²) in [6.45, 7) is 2.95. The lowest BCUT2D eigenvalue weighted by Gasteiger charge is -2.03. The smallest absolute Gasteiger partial charge is 0.269 e. The Bertz CT molecular complexity index is 361. The van der Waals surface area contributed by atoms with Gasteiger partial charge < -0.3 is 11.1 Å². The van der Waals surface area contributed by atoms with Gasteiger partial charge in [-0.2, -0.15) is 0 Å². The molecule has 1 amide bonds. The molecule has 2 atom stereocenters. The molecule has 3 N–H and O–H groups in total. The van der Waals surface area contributed by atoms with Gasteiger partial charge in [-0.3, -0.25) is 4.79 Å². The molecule has 4 nitrogen and oxygen atoms in total. The Labute approximate surface area is 88.9 Å². The van der Waals surface area contributed by atoms with E-state index in [4.69, 9.17) is 5.73 Å². The number of carbonyl (C=O) groups excluding carboxylic acids is 1. The fraction of sp³-hybridized carbons (Fsp3) is 0.455. The van der Waals surface area contributed by atoms with Gasteiger partial charge in [0.05, 0.1) is 11.9 Å². The number of hydrogen-bond acceptors (Lipinski definition) is 3. The molecule has 2 unspecified atom stereocenters. The van der Waals surface area contributed by atoms with Gasteiger partial charge in [-0.15, -0.1) is 0 Å². The summed E-state index contributed by atoms with van der Waals surface area (Å²) < 4.78 is 0. The summed E-state index contributed by atoms with van der Waals surface area (Å²) in [6, 6.07) is 3.32. The molecule has 1 aromatic rings. The zero-order valence-electron chi connectivity index (χ0n) is 8.73.